The normalized spacial score (nSPS) is 19.1. The van der Waals surface area contributed by atoms with Gasteiger partial charge in [0.1, 0.15) is 5.82 Å². The zero-order valence-electron chi connectivity index (χ0n) is 8.09. The lowest BCUT2D eigenvalue weighted by atomic mass is 9.75. The van der Waals surface area contributed by atoms with Crippen molar-refractivity contribution in [2.45, 2.75) is 29.8 Å². The first-order valence-electron chi connectivity index (χ1n) is 4.72. The highest BCUT2D eigenvalue weighted by Gasteiger charge is 2.38. The largest absolute Gasteiger partial charge is 0.385 e. The number of hydrogen-bond donors (Lipinski definition) is 1. The maximum atomic E-state index is 13.5. The van der Waals surface area contributed by atoms with Crippen molar-refractivity contribution in [1.29, 1.82) is 0 Å². The van der Waals surface area contributed by atoms with Gasteiger partial charge in [-0.1, -0.05) is 0 Å². The number of halogens is 1. The van der Waals surface area contributed by atoms with Gasteiger partial charge in [-0.05, 0) is 43.7 Å². The lowest BCUT2D eigenvalue weighted by molar-refractivity contribution is -0.0418. The molecular weight excluding hydrogens is 199 g/mol. The zero-order valence-corrected chi connectivity index (χ0v) is 8.90. The minimum absolute atomic E-state index is 0.287. The van der Waals surface area contributed by atoms with Crippen molar-refractivity contribution in [2.24, 2.45) is 0 Å². The zero-order chi connectivity index (χ0) is 10.2. The SMILES string of the molecule is CSc1ccc(F)c(C2(O)CCC2)c1. The van der Waals surface area contributed by atoms with Crippen LogP contribution in [0.4, 0.5) is 4.39 Å². The number of rotatable bonds is 2. The standard InChI is InChI=1S/C11H13FOS/c1-14-8-3-4-10(12)9(7-8)11(13)5-2-6-11/h3-4,7,13H,2,5-6H2,1H3. The summed E-state index contributed by atoms with van der Waals surface area (Å²) in [6, 6.07) is 4.95. The monoisotopic (exact) mass is 212 g/mol. The maximum Gasteiger partial charge on any atom is 0.129 e. The second-order valence-corrected chi connectivity index (χ2v) is 4.61. The fourth-order valence-corrected chi connectivity index (χ4v) is 2.21. The van der Waals surface area contributed by atoms with Crippen molar-refractivity contribution in [1.82, 2.24) is 0 Å². The lowest BCUT2D eigenvalue weighted by Gasteiger charge is -2.37. The number of aliphatic hydroxyl groups is 1. The Balaban J connectivity index is 2.40. The predicted molar refractivity (Wildman–Crippen MR) is 55.9 cm³/mol. The van der Waals surface area contributed by atoms with Crippen molar-refractivity contribution in [3.05, 3.63) is 29.6 Å². The molecule has 0 spiro atoms. The van der Waals surface area contributed by atoms with E-state index < -0.39 is 5.60 Å². The van der Waals surface area contributed by atoms with Crippen molar-refractivity contribution in [3.8, 4) is 0 Å². The molecule has 1 aliphatic carbocycles. The highest BCUT2D eigenvalue weighted by molar-refractivity contribution is 7.98. The van der Waals surface area contributed by atoms with Gasteiger partial charge in [-0.2, -0.15) is 0 Å². The number of hydrogen-bond acceptors (Lipinski definition) is 2. The van der Waals surface area contributed by atoms with Crippen LogP contribution in [0.15, 0.2) is 23.1 Å². The fraction of sp³-hybridized carbons (Fsp3) is 0.455. The molecule has 0 atom stereocenters. The van der Waals surface area contributed by atoms with Gasteiger partial charge in [-0.25, -0.2) is 4.39 Å². The van der Waals surface area contributed by atoms with Gasteiger partial charge in [0.15, 0.2) is 0 Å². The summed E-state index contributed by atoms with van der Waals surface area (Å²) in [7, 11) is 0. The van der Waals surface area contributed by atoms with Crippen LogP contribution in [-0.4, -0.2) is 11.4 Å². The van der Waals surface area contributed by atoms with Gasteiger partial charge in [0.25, 0.3) is 0 Å². The van der Waals surface area contributed by atoms with E-state index in [1.54, 1.807) is 23.9 Å². The van der Waals surface area contributed by atoms with Gasteiger partial charge in [-0.3, -0.25) is 0 Å². The molecule has 0 unspecified atom stereocenters. The molecule has 76 valence electrons. The summed E-state index contributed by atoms with van der Waals surface area (Å²) >= 11 is 1.56. The number of benzene rings is 1. The summed E-state index contributed by atoms with van der Waals surface area (Å²) in [6.45, 7) is 0. The first-order valence-corrected chi connectivity index (χ1v) is 5.94. The highest BCUT2D eigenvalue weighted by Crippen LogP contribution is 2.42. The first kappa shape index (κ1) is 9.99. The van der Waals surface area contributed by atoms with Crippen LogP contribution in [0.3, 0.4) is 0 Å². The second kappa shape index (κ2) is 3.55. The van der Waals surface area contributed by atoms with E-state index in [4.69, 9.17) is 0 Å². The third-order valence-electron chi connectivity index (χ3n) is 2.86. The average Bonchev–Trinajstić information content (AvgIpc) is 2.15. The van der Waals surface area contributed by atoms with Crippen LogP contribution in [0.5, 0.6) is 0 Å². The fourth-order valence-electron chi connectivity index (χ4n) is 1.77. The Morgan fingerprint density at radius 1 is 1.43 bits per heavy atom. The van der Waals surface area contributed by atoms with Gasteiger partial charge < -0.3 is 5.11 Å². The van der Waals surface area contributed by atoms with E-state index in [9.17, 15) is 9.50 Å². The van der Waals surface area contributed by atoms with Gasteiger partial charge >= 0.3 is 0 Å². The molecule has 14 heavy (non-hydrogen) atoms. The molecule has 1 fully saturated rings. The molecule has 3 heteroatoms. The molecule has 0 aliphatic heterocycles. The molecule has 1 nitrogen and oxygen atoms in total. The Morgan fingerprint density at radius 2 is 2.14 bits per heavy atom. The summed E-state index contributed by atoms with van der Waals surface area (Å²) in [5.41, 5.74) is -0.425. The third-order valence-corrected chi connectivity index (χ3v) is 3.58. The topological polar surface area (TPSA) is 20.2 Å². The molecule has 0 amide bonds. The Kier molecular flexibility index (Phi) is 2.54. The molecule has 1 aromatic carbocycles. The number of thioether (sulfide) groups is 1. The van der Waals surface area contributed by atoms with Gasteiger partial charge in [0.2, 0.25) is 0 Å². The molecular formula is C11H13FOS. The molecule has 2 rings (SSSR count). The van der Waals surface area contributed by atoms with E-state index in [0.29, 0.717) is 18.4 Å². The third kappa shape index (κ3) is 1.55. The van der Waals surface area contributed by atoms with E-state index in [0.717, 1.165) is 11.3 Å². The molecule has 1 N–H and O–H groups in total. The van der Waals surface area contributed by atoms with E-state index in [1.807, 2.05) is 6.26 Å². The Hall–Kier alpha value is -0.540. The average molecular weight is 212 g/mol. The molecule has 0 radical (unpaired) electrons. The summed E-state index contributed by atoms with van der Waals surface area (Å²) in [4.78, 5) is 1.00. The van der Waals surface area contributed by atoms with E-state index in [1.165, 1.54) is 6.07 Å². The van der Waals surface area contributed by atoms with Crippen LogP contribution in [0.1, 0.15) is 24.8 Å². The Morgan fingerprint density at radius 3 is 2.64 bits per heavy atom. The van der Waals surface area contributed by atoms with E-state index in [2.05, 4.69) is 0 Å². The van der Waals surface area contributed by atoms with Gasteiger partial charge in [0, 0.05) is 10.5 Å². The summed E-state index contributed by atoms with van der Waals surface area (Å²) < 4.78 is 13.5. The molecule has 1 aliphatic rings. The summed E-state index contributed by atoms with van der Waals surface area (Å²) in [5, 5.41) is 10.0. The van der Waals surface area contributed by atoms with Crippen LogP contribution in [0.2, 0.25) is 0 Å². The second-order valence-electron chi connectivity index (χ2n) is 3.73. The Labute approximate surface area is 87.3 Å². The van der Waals surface area contributed by atoms with Gasteiger partial charge in [0.05, 0.1) is 5.60 Å². The van der Waals surface area contributed by atoms with Crippen molar-refractivity contribution in [2.75, 3.05) is 6.26 Å². The van der Waals surface area contributed by atoms with Crippen molar-refractivity contribution in [3.63, 3.8) is 0 Å². The Bertz CT molecular complexity index is 347. The van der Waals surface area contributed by atoms with Gasteiger partial charge in [-0.15, -0.1) is 11.8 Å². The molecule has 0 bridgehead atoms. The minimum atomic E-state index is -0.893. The van der Waals surface area contributed by atoms with Crippen LogP contribution < -0.4 is 0 Å². The van der Waals surface area contributed by atoms with E-state index >= 15 is 0 Å². The smallest absolute Gasteiger partial charge is 0.129 e. The quantitative estimate of drug-likeness (QED) is 0.761. The first-order chi connectivity index (χ1) is 6.65. The maximum absolute atomic E-state index is 13.5. The van der Waals surface area contributed by atoms with Crippen LogP contribution in [0, 0.1) is 5.82 Å². The van der Waals surface area contributed by atoms with Crippen LogP contribution in [-0.2, 0) is 5.60 Å². The van der Waals surface area contributed by atoms with E-state index in [-0.39, 0.29) is 5.82 Å². The van der Waals surface area contributed by atoms with Crippen molar-refractivity contribution >= 4 is 11.8 Å². The summed E-state index contributed by atoms with van der Waals surface area (Å²) in [6.07, 6.45) is 4.30. The van der Waals surface area contributed by atoms with Crippen LogP contribution >= 0.6 is 11.8 Å². The van der Waals surface area contributed by atoms with Crippen LogP contribution in [0.25, 0.3) is 0 Å². The lowest BCUT2D eigenvalue weighted by Crippen LogP contribution is -2.34. The minimum Gasteiger partial charge on any atom is -0.385 e. The highest BCUT2D eigenvalue weighted by atomic mass is 32.2. The molecule has 1 aromatic rings. The molecule has 1 saturated carbocycles. The molecule has 0 saturated heterocycles. The van der Waals surface area contributed by atoms with Crippen molar-refractivity contribution < 1.29 is 9.50 Å². The molecule has 0 heterocycles. The summed E-state index contributed by atoms with van der Waals surface area (Å²) in [5.74, 6) is -0.287. The predicted octanol–water partition coefficient (Wildman–Crippen LogP) is 2.92. The molecule has 0 aromatic heterocycles.